The zero-order valence-corrected chi connectivity index (χ0v) is 5.33. The predicted molar refractivity (Wildman–Crippen MR) is 32.0 cm³/mol. The Morgan fingerprint density at radius 1 is 1.80 bits per heavy atom. The van der Waals surface area contributed by atoms with E-state index in [0.29, 0.717) is 0 Å². The van der Waals surface area contributed by atoms with E-state index >= 15 is 0 Å². The van der Waals surface area contributed by atoms with E-state index in [1.165, 1.54) is 0 Å². The van der Waals surface area contributed by atoms with Crippen molar-refractivity contribution >= 4 is 6.09 Å². The van der Waals surface area contributed by atoms with Crippen LogP contribution in [0, 0.1) is 11.3 Å². The molecule has 0 atom stereocenters. The van der Waals surface area contributed by atoms with E-state index in [9.17, 15) is 4.79 Å². The number of carbonyl (C=O) groups is 1. The van der Waals surface area contributed by atoms with Crippen LogP contribution in [0.3, 0.4) is 0 Å². The summed E-state index contributed by atoms with van der Waals surface area (Å²) < 4.78 is 4.34. The summed E-state index contributed by atoms with van der Waals surface area (Å²) >= 11 is 0. The summed E-state index contributed by atoms with van der Waals surface area (Å²) in [6.07, 6.45) is -0.685. The molecule has 0 bridgehead atoms. The van der Waals surface area contributed by atoms with Crippen molar-refractivity contribution in [2.45, 2.75) is 0 Å². The lowest BCUT2D eigenvalue weighted by Crippen LogP contribution is -2.25. The molecule has 0 fully saturated rings. The number of hydrogen-bond donors (Lipinski definition) is 2. The van der Waals surface area contributed by atoms with E-state index in [1.54, 1.807) is 6.07 Å². The third-order valence-corrected chi connectivity index (χ3v) is 0.636. The summed E-state index contributed by atoms with van der Waals surface area (Å²) in [6, 6.07) is 1.70. The normalized spacial score (nSPS) is 8.00. The van der Waals surface area contributed by atoms with Gasteiger partial charge in [-0.1, -0.05) is 0 Å². The molecule has 0 aliphatic rings. The maximum absolute atomic E-state index is 10.4. The Bertz CT molecular complexity index is 140. The Balaban J connectivity index is 3.19. The van der Waals surface area contributed by atoms with Crippen molar-refractivity contribution in [3.63, 3.8) is 0 Å². The molecule has 0 aromatic carbocycles. The minimum Gasteiger partial charge on any atom is -0.447 e. The van der Waals surface area contributed by atoms with Gasteiger partial charge in [0.2, 0.25) is 0 Å². The first-order valence-corrected chi connectivity index (χ1v) is 2.69. The van der Waals surface area contributed by atoms with Crippen LogP contribution in [0.1, 0.15) is 0 Å². The number of nitrogens with zero attached hydrogens (tertiary/aromatic N) is 1. The Labute approximate surface area is 58.2 Å². The minimum absolute atomic E-state index is 0.0444. The van der Waals surface area contributed by atoms with Gasteiger partial charge in [0.1, 0.15) is 13.2 Å². The second-order valence-electron chi connectivity index (χ2n) is 1.37. The van der Waals surface area contributed by atoms with Gasteiger partial charge in [0.05, 0.1) is 12.7 Å². The summed E-state index contributed by atoms with van der Waals surface area (Å²) in [5, 5.41) is 18.3. The molecular formula is C5H8N2O3. The standard InChI is InChI=1S/C5H8N2O3/c6-1-2-7-5(9)10-4-3-8/h8H,2-4H2,(H,7,9). The highest BCUT2D eigenvalue weighted by atomic mass is 16.6. The van der Waals surface area contributed by atoms with Gasteiger partial charge in [0.15, 0.2) is 0 Å². The van der Waals surface area contributed by atoms with Gasteiger partial charge < -0.3 is 15.2 Å². The molecule has 0 rings (SSSR count). The van der Waals surface area contributed by atoms with E-state index in [2.05, 4.69) is 10.1 Å². The van der Waals surface area contributed by atoms with Crippen molar-refractivity contribution in [3.8, 4) is 6.07 Å². The second kappa shape index (κ2) is 5.85. The number of carbonyl (C=O) groups excluding carboxylic acids is 1. The van der Waals surface area contributed by atoms with Gasteiger partial charge in [-0.15, -0.1) is 0 Å². The van der Waals surface area contributed by atoms with Gasteiger partial charge >= 0.3 is 6.09 Å². The highest BCUT2D eigenvalue weighted by molar-refractivity contribution is 5.67. The van der Waals surface area contributed by atoms with E-state index in [4.69, 9.17) is 10.4 Å². The third kappa shape index (κ3) is 4.87. The number of rotatable bonds is 3. The molecule has 0 spiro atoms. The molecule has 2 N–H and O–H groups in total. The van der Waals surface area contributed by atoms with Gasteiger partial charge in [-0.2, -0.15) is 5.26 Å². The summed E-state index contributed by atoms with van der Waals surface area (Å²) in [6.45, 7) is -0.332. The number of nitrogens with one attached hydrogen (secondary N) is 1. The van der Waals surface area contributed by atoms with Gasteiger partial charge in [-0.3, -0.25) is 0 Å². The van der Waals surface area contributed by atoms with Crippen LogP contribution in [-0.2, 0) is 4.74 Å². The fraction of sp³-hybridized carbons (Fsp3) is 0.600. The van der Waals surface area contributed by atoms with Crippen LogP contribution in [0.15, 0.2) is 0 Å². The topological polar surface area (TPSA) is 82.4 Å². The van der Waals surface area contributed by atoms with Crippen LogP contribution in [0.4, 0.5) is 4.79 Å². The summed E-state index contributed by atoms with van der Waals surface area (Å²) in [7, 11) is 0. The molecule has 56 valence electrons. The molecular weight excluding hydrogens is 136 g/mol. The lowest BCUT2D eigenvalue weighted by molar-refractivity contribution is 0.120. The van der Waals surface area contributed by atoms with Gasteiger partial charge in [-0.25, -0.2) is 4.79 Å². The zero-order valence-electron chi connectivity index (χ0n) is 5.33. The Hall–Kier alpha value is -1.28. The van der Waals surface area contributed by atoms with Gasteiger partial charge in [0.25, 0.3) is 0 Å². The molecule has 0 radical (unpaired) electrons. The number of aliphatic hydroxyl groups excluding tert-OH is 1. The van der Waals surface area contributed by atoms with Gasteiger partial charge in [0, 0.05) is 0 Å². The van der Waals surface area contributed by atoms with E-state index in [1.807, 2.05) is 0 Å². The van der Waals surface area contributed by atoms with Gasteiger partial charge in [-0.05, 0) is 0 Å². The highest BCUT2D eigenvalue weighted by Crippen LogP contribution is 1.74. The molecule has 0 unspecified atom stereocenters. The Kier molecular flexibility index (Phi) is 5.10. The van der Waals surface area contributed by atoms with Crippen molar-refractivity contribution in [2.24, 2.45) is 0 Å². The molecule has 0 aliphatic carbocycles. The first kappa shape index (κ1) is 8.72. The zero-order chi connectivity index (χ0) is 7.82. The predicted octanol–water partition coefficient (Wildman–Crippen LogP) is -0.772. The van der Waals surface area contributed by atoms with Crippen molar-refractivity contribution < 1.29 is 14.6 Å². The van der Waals surface area contributed by atoms with Crippen LogP contribution in [0.5, 0.6) is 0 Å². The van der Waals surface area contributed by atoms with Crippen LogP contribution in [-0.4, -0.2) is 31.0 Å². The summed E-state index contributed by atoms with van der Waals surface area (Å²) in [4.78, 5) is 10.4. The molecule has 5 nitrogen and oxygen atoms in total. The molecule has 0 aromatic rings. The number of ether oxygens (including phenoxy) is 1. The molecule has 10 heavy (non-hydrogen) atoms. The minimum atomic E-state index is -0.685. The molecule has 0 heterocycles. The number of aliphatic hydroxyl groups is 1. The van der Waals surface area contributed by atoms with E-state index < -0.39 is 6.09 Å². The third-order valence-electron chi connectivity index (χ3n) is 0.636. The van der Waals surface area contributed by atoms with Crippen LogP contribution in [0.25, 0.3) is 0 Å². The Morgan fingerprint density at radius 2 is 2.50 bits per heavy atom. The Morgan fingerprint density at radius 3 is 3.00 bits per heavy atom. The fourth-order valence-corrected chi connectivity index (χ4v) is 0.301. The SMILES string of the molecule is N#CCNC(=O)OCCO. The number of alkyl carbamates (subject to hydrolysis) is 1. The van der Waals surface area contributed by atoms with Crippen molar-refractivity contribution in [1.82, 2.24) is 5.32 Å². The van der Waals surface area contributed by atoms with Crippen molar-refractivity contribution in [2.75, 3.05) is 19.8 Å². The maximum Gasteiger partial charge on any atom is 0.408 e. The lowest BCUT2D eigenvalue weighted by atomic mass is 10.7. The average molecular weight is 144 g/mol. The maximum atomic E-state index is 10.4. The molecule has 0 saturated heterocycles. The molecule has 5 heteroatoms. The summed E-state index contributed by atoms with van der Waals surface area (Å²) in [5.74, 6) is 0. The monoisotopic (exact) mass is 144 g/mol. The summed E-state index contributed by atoms with van der Waals surface area (Å²) in [5.41, 5.74) is 0. The number of amides is 1. The largest absolute Gasteiger partial charge is 0.447 e. The molecule has 0 saturated carbocycles. The average Bonchev–Trinajstić information content (AvgIpc) is 1.97. The second-order valence-corrected chi connectivity index (χ2v) is 1.37. The number of nitriles is 1. The lowest BCUT2D eigenvalue weighted by Gasteiger charge is -2.00. The molecule has 0 aliphatic heterocycles. The van der Waals surface area contributed by atoms with E-state index in [-0.39, 0.29) is 19.8 Å². The van der Waals surface area contributed by atoms with Crippen LogP contribution < -0.4 is 5.32 Å². The first-order chi connectivity index (χ1) is 4.81. The molecule has 1 amide bonds. The van der Waals surface area contributed by atoms with Crippen LogP contribution in [0.2, 0.25) is 0 Å². The number of hydrogen-bond acceptors (Lipinski definition) is 4. The molecule has 0 aromatic heterocycles. The van der Waals surface area contributed by atoms with Crippen molar-refractivity contribution in [1.29, 1.82) is 5.26 Å². The quantitative estimate of drug-likeness (QED) is 0.509. The highest BCUT2D eigenvalue weighted by Gasteiger charge is 1.96. The first-order valence-electron chi connectivity index (χ1n) is 2.69. The van der Waals surface area contributed by atoms with Crippen LogP contribution >= 0.6 is 0 Å². The van der Waals surface area contributed by atoms with Crippen molar-refractivity contribution in [3.05, 3.63) is 0 Å². The van der Waals surface area contributed by atoms with E-state index in [0.717, 1.165) is 0 Å². The smallest absolute Gasteiger partial charge is 0.408 e. The fourth-order valence-electron chi connectivity index (χ4n) is 0.301.